The lowest BCUT2D eigenvalue weighted by molar-refractivity contribution is 0.0694. The average Bonchev–Trinajstić information content (AvgIpc) is 3.23. The molecule has 0 amide bonds. The molecule has 0 bridgehead atoms. The van der Waals surface area contributed by atoms with Crippen molar-refractivity contribution in [3.05, 3.63) is 41.7 Å². The predicted molar refractivity (Wildman–Crippen MR) is 68.1 cm³/mol. The summed E-state index contributed by atoms with van der Waals surface area (Å²) in [5, 5.41) is 18.4. The highest BCUT2D eigenvalue weighted by atomic mass is 16.4. The molecule has 5 heteroatoms. The van der Waals surface area contributed by atoms with Crippen molar-refractivity contribution >= 4 is 5.97 Å². The molecule has 1 fully saturated rings. The van der Waals surface area contributed by atoms with Gasteiger partial charge in [0.2, 0.25) is 0 Å². The molecule has 3 rings (SSSR count). The lowest BCUT2D eigenvalue weighted by Crippen LogP contribution is -2.06. The van der Waals surface area contributed by atoms with Gasteiger partial charge in [0.1, 0.15) is 5.75 Å². The number of aromatic nitrogens is 2. The number of phenolic OH excluding ortho intramolecular Hbond substituents is 1. The molecule has 1 aromatic carbocycles. The molecule has 5 nitrogen and oxygen atoms in total. The highest BCUT2D eigenvalue weighted by Gasteiger charge is 2.30. The maximum atomic E-state index is 11.1. The van der Waals surface area contributed by atoms with Gasteiger partial charge in [-0.15, -0.1) is 0 Å². The maximum absolute atomic E-state index is 11.1. The lowest BCUT2D eigenvalue weighted by atomic mass is 10.1. The molecule has 19 heavy (non-hydrogen) atoms. The van der Waals surface area contributed by atoms with E-state index in [-0.39, 0.29) is 17.2 Å². The summed E-state index contributed by atoms with van der Waals surface area (Å²) in [5.74, 6) is -0.0793. The van der Waals surface area contributed by atoms with Crippen LogP contribution in [0.15, 0.2) is 30.5 Å². The fraction of sp³-hybridized carbons (Fsp3) is 0.214. The van der Waals surface area contributed by atoms with Crippen LogP contribution in [-0.4, -0.2) is 26.2 Å². The zero-order chi connectivity index (χ0) is 13.4. The average molecular weight is 256 g/mol. The van der Waals surface area contributed by atoms with Crippen LogP contribution in [-0.2, 0) is 0 Å². The number of carbonyl (C=O) groups is 1. The number of aromatic hydroxyl groups is 1. The van der Waals surface area contributed by atoms with E-state index in [1.807, 2.05) is 0 Å². The van der Waals surface area contributed by atoms with Gasteiger partial charge in [-0.3, -0.25) is 0 Å². The summed E-state index contributed by atoms with van der Waals surface area (Å²) in [6.45, 7) is 0. The minimum Gasteiger partial charge on any atom is -0.508 e. The topological polar surface area (TPSA) is 83.3 Å². The Labute approximate surface area is 109 Å². The first-order valence-electron chi connectivity index (χ1n) is 6.05. The summed E-state index contributed by atoms with van der Waals surface area (Å²) >= 11 is 0. The molecule has 2 N–H and O–H groups in total. The van der Waals surface area contributed by atoms with E-state index in [9.17, 15) is 9.90 Å². The van der Waals surface area contributed by atoms with E-state index in [2.05, 4.69) is 9.97 Å². The second-order valence-corrected chi connectivity index (χ2v) is 4.62. The van der Waals surface area contributed by atoms with E-state index in [1.54, 1.807) is 24.3 Å². The van der Waals surface area contributed by atoms with Gasteiger partial charge < -0.3 is 10.2 Å². The van der Waals surface area contributed by atoms with Gasteiger partial charge in [-0.05, 0) is 37.1 Å². The Balaban J connectivity index is 2.05. The van der Waals surface area contributed by atoms with Crippen molar-refractivity contribution in [2.45, 2.75) is 18.8 Å². The van der Waals surface area contributed by atoms with Crippen molar-refractivity contribution in [2.75, 3.05) is 0 Å². The molecule has 0 saturated heterocycles. The van der Waals surface area contributed by atoms with Gasteiger partial charge in [-0.1, -0.05) is 0 Å². The Hall–Kier alpha value is -2.43. The van der Waals surface area contributed by atoms with E-state index in [4.69, 9.17) is 5.11 Å². The summed E-state index contributed by atoms with van der Waals surface area (Å²) in [6.07, 6.45) is 3.32. The second-order valence-electron chi connectivity index (χ2n) is 4.62. The molecule has 1 aliphatic carbocycles. The Morgan fingerprint density at radius 3 is 2.47 bits per heavy atom. The number of benzene rings is 1. The number of hydrogen-bond acceptors (Lipinski definition) is 4. The Kier molecular flexibility index (Phi) is 2.67. The van der Waals surface area contributed by atoms with Gasteiger partial charge >= 0.3 is 5.97 Å². The van der Waals surface area contributed by atoms with Crippen LogP contribution in [0.4, 0.5) is 0 Å². The minimum absolute atomic E-state index is 0.174. The maximum Gasteiger partial charge on any atom is 0.339 e. The lowest BCUT2D eigenvalue weighted by Gasteiger charge is -2.06. The Bertz CT molecular complexity index is 634. The third kappa shape index (κ3) is 2.27. The summed E-state index contributed by atoms with van der Waals surface area (Å²) in [7, 11) is 0. The number of rotatable bonds is 3. The number of aromatic carboxylic acids is 1. The first-order valence-corrected chi connectivity index (χ1v) is 6.05. The van der Waals surface area contributed by atoms with Crippen LogP contribution in [0, 0.1) is 0 Å². The summed E-state index contributed by atoms with van der Waals surface area (Å²) in [5.41, 5.74) is 1.56. The van der Waals surface area contributed by atoms with Crippen molar-refractivity contribution in [2.24, 2.45) is 0 Å². The molecule has 0 spiro atoms. The molecule has 1 saturated carbocycles. The standard InChI is InChI=1S/C14H12N2O3/c17-10-5-3-9(4-6-10)13-15-7-11(14(18)19)12(16-13)8-1-2-8/h3-8,17H,1-2H2,(H,18,19). The highest BCUT2D eigenvalue weighted by molar-refractivity contribution is 5.89. The number of carboxylic acids is 1. The fourth-order valence-electron chi connectivity index (χ4n) is 1.98. The molecular weight excluding hydrogens is 244 g/mol. The normalized spacial score (nSPS) is 14.3. The van der Waals surface area contributed by atoms with Crippen LogP contribution >= 0.6 is 0 Å². The quantitative estimate of drug-likeness (QED) is 0.881. The molecule has 2 aromatic rings. The van der Waals surface area contributed by atoms with Crippen LogP contribution in [0.5, 0.6) is 5.75 Å². The first-order chi connectivity index (χ1) is 9.15. The molecule has 0 unspecified atom stereocenters. The van der Waals surface area contributed by atoms with Gasteiger partial charge in [-0.2, -0.15) is 0 Å². The van der Waals surface area contributed by atoms with Gasteiger partial charge in [0.25, 0.3) is 0 Å². The summed E-state index contributed by atoms with van der Waals surface area (Å²) in [6, 6.07) is 6.53. The summed E-state index contributed by atoms with van der Waals surface area (Å²) in [4.78, 5) is 19.6. The van der Waals surface area contributed by atoms with Gasteiger partial charge in [0.15, 0.2) is 5.82 Å². The Morgan fingerprint density at radius 2 is 1.89 bits per heavy atom. The monoisotopic (exact) mass is 256 g/mol. The molecule has 0 atom stereocenters. The van der Waals surface area contributed by atoms with Crippen LogP contribution in [0.1, 0.15) is 34.8 Å². The number of phenols is 1. The van der Waals surface area contributed by atoms with Crippen molar-refractivity contribution < 1.29 is 15.0 Å². The van der Waals surface area contributed by atoms with Crippen molar-refractivity contribution in [3.8, 4) is 17.1 Å². The zero-order valence-electron chi connectivity index (χ0n) is 10.1. The van der Waals surface area contributed by atoms with Crippen LogP contribution < -0.4 is 0 Å². The molecule has 96 valence electrons. The molecule has 1 aliphatic rings. The molecule has 1 aromatic heterocycles. The Morgan fingerprint density at radius 1 is 1.21 bits per heavy atom. The second kappa shape index (κ2) is 4.35. The first kappa shape index (κ1) is 11.6. The van der Waals surface area contributed by atoms with E-state index in [0.717, 1.165) is 18.4 Å². The highest BCUT2D eigenvalue weighted by Crippen LogP contribution is 2.41. The van der Waals surface area contributed by atoms with Crippen LogP contribution in [0.2, 0.25) is 0 Å². The molecule has 0 radical (unpaired) electrons. The van der Waals surface area contributed by atoms with Crippen molar-refractivity contribution in [1.82, 2.24) is 9.97 Å². The third-order valence-electron chi connectivity index (χ3n) is 3.14. The zero-order valence-corrected chi connectivity index (χ0v) is 10.1. The third-order valence-corrected chi connectivity index (χ3v) is 3.14. The van der Waals surface area contributed by atoms with E-state index < -0.39 is 5.97 Å². The number of nitrogens with zero attached hydrogens (tertiary/aromatic N) is 2. The van der Waals surface area contributed by atoms with Gasteiger partial charge in [0.05, 0.1) is 11.3 Å². The van der Waals surface area contributed by atoms with E-state index >= 15 is 0 Å². The van der Waals surface area contributed by atoms with Crippen LogP contribution in [0.25, 0.3) is 11.4 Å². The number of hydrogen-bond donors (Lipinski definition) is 2. The molecule has 0 aliphatic heterocycles. The van der Waals surface area contributed by atoms with Crippen LogP contribution in [0.3, 0.4) is 0 Å². The van der Waals surface area contributed by atoms with E-state index in [1.165, 1.54) is 6.20 Å². The van der Waals surface area contributed by atoms with Gasteiger partial charge in [-0.25, -0.2) is 14.8 Å². The largest absolute Gasteiger partial charge is 0.508 e. The summed E-state index contributed by atoms with van der Waals surface area (Å²) < 4.78 is 0. The predicted octanol–water partition coefficient (Wildman–Crippen LogP) is 2.42. The SMILES string of the molecule is O=C(O)c1cnc(-c2ccc(O)cc2)nc1C1CC1. The fourth-order valence-corrected chi connectivity index (χ4v) is 1.98. The smallest absolute Gasteiger partial charge is 0.339 e. The number of carboxylic acid groups (broad SMARTS) is 1. The molecule has 1 heterocycles. The van der Waals surface area contributed by atoms with E-state index in [0.29, 0.717) is 11.5 Å². The molecular formula is C14H12N2O3. The van der Waals surface area contributed by atoms with Crippen molar-refractivity contribution in [3.63, 3.8) is 0 Å². The minimum atomic E-state index is -0.987. The van der Waals surface area contributed by atoms with Crippen molar-refractivity contribution in [1.29, 1.82) is 0 Å². The van der Waals surface area contributed by atoms with Gasteiger partial charge in [0, 0.05) is 17.7 Å².